The van der Waals surface area contributed by atoms with E-state index in [-0.39, 0.29) is 0 Å². The molecule has 3 heteroatoms. The highest BCUT2D eigenvalue weighted by Crippen LogP contribution is 2.23. The lowest BCUT2D eigenvalue weighted by Gasteiger charge is -2.31. The predicted octanol–water partition coefficient (Wildman–Crippen LogP) is 2.69. The van der Waals surface area contributed by atoms with Crippen molar-refractivity contribution in [3.63, 3.8) is 0 Å². The van der Waals surface area contributed by atoms with Crippen molar-refractivity contribution in [1.82, 2.24) is 9.88 Å². The van der Waals surface area contributed by atoms with E-state index in [1.54, 1.807) is 11.3 Å². The Kier molecular flexibility index (Phi) is 2.96. The predicted molar refractivity (Wildman–Crippen MR) is 56.0 cm³/mol. The van der Waals surface area contributed by atoms with Crippen molar-refractivity contribution in [1.29, 1.82) is 0 Å². The molecule has 1 saturated heterocycles. The van der Waals surface area contributed by atoms with Gasteiger partial charge in [-0.1, -0.05) is 6.42 Å². The topological polar surface area (TPSA) is 16.1 Å². The average molecular weight is 196 g/mol. The quantitative estimate of drug-likeness (QED) is 0.723. The molecule has 2 rings (SSSR count). The molecule has 1 atom stereocenters. The fourth-order valence-corrected chi connectivity index (χ4v) is 2.56. The summed E-state index contributed by atoms with van der Waals surface area (Å²) in [4.78, 5) is 6.91. The van der Waals surface area contributed by atoms with Gasteiger partial charge in [0.15, 0.2) is 0 Å². The monoisotopic (exact) mass is 196 g/mol. The maximum Gasteiger partial charge on any atom is 0.0795 e. The second kappa shape index (κ2) is 4.20. The van der Waals surface area contributed by atoms with Gasteiger partial charge < -0.3 is 0 Å². The van der Waals surface area contributed by atoms with E-state index in [1.807, 2.05) is 5.51 Å². The van der Waals surface area contributed by atoms with Crippen LogP contribution in [0.1, 0.15) is 37.9 Å². The van der Waals surface area contributed by atoms with E-state index in [9.17, 15) is 0 Å². The number of rotatable bonds is 2. The third kappa shape index (κ3) is 2.09. The molecule has 13 heavy (non-hydrogen) atoms. The normalized spacial score (nSPS) is 21.6. The van der Waals surface area contributed by atoms with Crippen LogP contribution in [0.25, 0.3) is 0 Å². The zero-order valence-corrected chi connectivity index (χ0v) is 8.89. The number of hydrogen-bond donors (Lipinski definition) is 0. The van der Waals surface area contributed by atoms with Crippen LogP contribution in [0.4, 0.5) is 0 Å². The Balaban J connectivity index is 1.99. The van der Waals surface area contributed by atoms with Crippen LogP contribution in [-0.2, 0) is 0 Å². The van der Waals surface area contributed by atoms with E-state index in [0.29, 0.717) is 6.04 Å². The van der Waals surface area contributed by atoms with Crippen LogP contribution in [0.3, 0.4) is 0 Å². The number of thiazole rings is 1. The van der Waals surface area contributed by atoms with E-state index in [0.717, 1.165) is 0 Å². The van der Waals surface area contributed by atoms with Crippen molar-refractivity contribution in [3.05, 3.63) is 16.6 Å². The van der Waals surface area contributed by atoms with Gasteiger partial charge in [0, 0.05) is 5.38 Å². The summed E-state index contributed by atoms with van der Waals surface area (Å²) in [6.07, 6.45) is 4.11. The highest BCUT2D eigenvalue weighted by atomic mass is 32.1. The van der Waals surface area contributed by atoms with Gasteiger partial charge in [0.05, 0.1) is 17.2 Å². The average Bonchev–Trinajstić information content (AvgIpc) is 2.71. The summed E-state index contributed by atoms with van der Waals surface area (Å²) < 4.78 is 0. The molecular formula is C10H16N2S. The molecule has 1 aromatic heterocycles. The number of nitrogens with zero attached hydrogens (tertiary/aromatic N) is 2. The molecule has 0 bridgehead atoms. The summed E-state index contributed by atoms with van der Waals surface area (Å²) in [5.74, 6) is 0. The molecule has 1 aromatic rings. The van der Waals surface area contributed by atoms with Crippen molar-refractivity contribution in [2.45, 2.75) is 32.2 Å². The van der Waals surface area contributed by atoms with Gasteiger partial charge in [-0.25, -0.2) is 4.98 Å². The Morgan fingerprint density at radius 3 is 2.77 bits per heavy atom. The first-order valence-corrected chi connectivity index (χ1v) is 5.94. The maximum absolute atomic E-state index is 4.37. The van der Waals surface area contributed by atoms with Crippen molar-refractivity contribution < 1.29 is 0 Å². The maximum atomic E-state index is 4.37. The van der Waals surface area contributed by atoms with E-state index in [2.05, 4.69) is 22.2 Å². The van der Waals surface area contributed by atoms with Crippen molar-refractivity contribution >= 4 is 11.3 Å². The molecule has 0 N–H and O–H groups in total. The van der Waals surface area contributed by atoms with Crippen molar-refractivity contribution in [3.8, 4) is 0 Å². The van der Waals surface area contributed by atoms with Gasteiger partial charge in [-0.2, -0.15) is 0 Å². The van der Waals surface area contributed by atoms with Gasteiger partial charge in [-0.15, -0.1) is 11.3 Å². The fourth-order valence-electron chi connectivity index (χ4n) is 1.92. The first kappa shape index (κ1) is 9.16. The number of aromatic nitrogens is 1. The van der Waals surface area contributed by atoms with Crippen LogP contribution in [0.15, 0.2) is 10.9 Å². The molecule has 0 radical (unpaired) electrons. The lowest BCUT2D eigenvalue weighted by molar-refractivity contribution is 0.172. The second-order valence-corrected chi connectivity index (χ2v) is 4.40. The second-order valence-electron chi connectivity index (χ2n) is 3.69. The van der Waals surface area contributed by atoms with Gasteiger partial charge in [-0.05, 0) is 32.9 Å². The lowest BCUT2D eigenvalue weighted by atomic mass is 10.1. The van der Waals surface area contributed by atoms with Crippen LogP contribution >= 0.6 is 11.3 Å². The van der Waals surface area contributed by atoms with Crippen LogP contribution in [0.2, 0.25) is 0 Å². The summed E-state index contributed by atoms with van der Waals surface area (Å²) >= 11 is 1.69. The summed E-state index contributed by atoms with van der Waals surface area (Å²) in [6, 6.07) is 0.520. The molecular weight excluding hydrogens is 180 g/mol. The molecule has 2 nitrogen and oxygen atoms in total. The van der Waals surface area contributed by atoms with E-state index in [1.165, 1.54) is 38.0 Å². The van der Waals surface area contributed by atoms with E-state index >= 15 is 0 Å². The molecule has 0 amide bonds. The van der Waals surface area contributed by atoms with Crippen molar-refractivity contribution in [2.75, 3.05) is 13.1 Å². The first-order valence-electron chi connectivity index (χ1n) is 5.00. The molecule has 0 aliphatic carbocycles. The van der Waals surface area contributed by atoms with Gasteiger partial charge >= 0.3 is 0 Å². The molecule has 0 aromatic carbocycles. The lowest BCUT2D eigenvalue weighted by Crippen LogP contribution is -2.32. The Morgan fingerprint density at radius 2 is 2.15 bits per heavy atom. The highest BCUT2D eigenvalue weighted by molar-refractivity contribution is 7.07. The Hall–Kier alpha value is -0.410. The SMILES string of the molecule is CC(c1cscn1)N1CCCCC1. The Labute approximate surface area is 83.6 Å². The van der Waals surface area contributed by atoms with Crippen LogP contribution in [-0.4, -0.2) is 23.0 Å². The molecule has 1 aliphatic heterocycles. The first-order chi connectivity index (χ1) is 6.38. The zero-order chi connectivity index (χ0) is 9.10. The Morgan fingerprint density at radius 1 is 1.38 bits per heavy atom. The minimum atomic E-state index is 0.520. The smallest absolute Gasteiger partial charge is 0.0795 e. The summed E-state index contributed by atoms with van der Waals surface area (Å²) in [7, 11) is 0. The molecule has 1 unspecified atom stereocenters. The fraction of sp³-hybridized carbons (Fsp3) is 0.700. The van der Waals surface area contributed by atoms with Crippen LogP contribution in [0.5, 0.6) is 0 Å². The van der Waals surface area contributed by atoms with Gasteiger partial charge in [0.25, 0.3) is 0 Å². The molecule has 0 saturated carbocycles. The standard InChI is InChI=1S/C10H16N2S/c1-9(10-7-13-8-11-10)12-5-3-2-4-6-12/h7-9H,2-6H2,1H3. The van der Waals surface area contributed by atoms with Crippen molar-refractivity contribution in [2.24, 2.45) is 0 Å². The van der Waals surface area contributed by atoms with Crippen LogP contribution in [0, 0.1) is 0 Å². The van der Waals surface area contributed by atoms with E-state index < -0.39 is 0 Å². The minimum Gasteiger partial charge on any atom is -0.295 e. The largest absolute Gasteiger partial charge is 0.295 e. The number of piperidine rings is 1. The third-order valence-corrected chi connectivity index (χ3v) is 3.42. The number of likely N-dealkylation sites (tertiary alicyclic amines) is 1. The number of hydrogen-bond acceptors (Lipinski definition) is 3. The molecule has 1 fully saturated rings. The summed E-state index contributed by atoms with van der Waals surface area (Å²) in [6.45, 7) is 4.76. The molecule has 1 aliphatic rings. The van der Waals surface area contributed by atoms with Gasteiger partial charge in [0.1, 0.15) is 0 Å². The molecule has 0 spiro atoms. The van der Waals surface area contributed by atoms with E-state index in [4.69, 9.17) is 0 Å². The minimum absolute atomic E-state index is 0.520. The molecule has 72 valence electrons. The summed E-state index contributed by atoms with van der Waals surface area (Å²) in [5, 5.41) is 2.17. The summed E-state index contributed by atoms with van der Waals surface area (Å²) in [5.41, 5.74) is 3.17. The highest BCUT2D eigenvalue weighted by Gasteiger charge is 2.18. The van der Waals surface area contributed by atoms with Gasteiger partial charge in [0.2, 0.25) is 0 Å². The zero-order valence-electron chi connectivity index (χ0n) is 8.07. The van der Waals surface area contributed by atoms with Crippen LogP contribution < -0.4 is 0 Å². The third-order valence-electron chi connectivity index (χ3n) is 2.82. The molecule has 2 heterocycles. The van der Waals surface area contributed by atoms with Gasteiger partial charge in [-0.3, -0.25) is 4.90 Å². The Bertz CT molecular complexity index is 239.